The lowest BCUT2D eigenvalue weighted by atomic mass is 9.94. The Hall–Kier alpha value is -1.58. The number of hydrogen-bond acceptors (Lipinski definition) is 7. The molecular weight excluding hydrogens is 490 g/mol. The third kappa shape index (κ3) is 5.36. The van der Waals surface area contributed by atoms with Crippen molar-refractivity contribution in [2.45, 2.75) is 45.1 Å². The van der Waals surface area contributed by atoms with E-state index in [4.69, 9.17) is 21.7 Å². The molecule has 2 fully saturated rings. The number of thiocarbonyl (C=S) groups is 1. The van der Waals surface area contributed by atoms with Crippen molar-refractivity contribution >= 4 is 62.2 Å². The third-order valence-electron chi connectivity index (χ3n) is 4.95. The number of ether oxygens (including phenoxy) is 3. The highest BCUT2D eigenvalue weighted by atomic mass is 79.9. The molecule has 3 rings (SSSR count). The van der Waals surface area contributed by atoms with Gasteiger partial charge in [0.15, 0.2) is 18.1 Å². The van der Waals surface area contributed by atoms with Gasteiger partial charge < -0.3 is 14.2 Å². The Morgan fingerprint density at radius 3 is 2.70 bits per heavy atom. The van der Waals surface area contributed by atoms with Crippen LogP contribution in [0, 0.1) is 0 Å². The van der Waals surface area contributed by atoms with Crippen LogP contribution >= 0.6 is 39.9 Å². The van der Waals surface area contributed by atoms with Crippen molar-refractivity contribution in [2.75, 3.05) is 20.3 Å². The molecule has 1 aliphatic heterocycles. The first-order chi connectivity index (χ1) is 14.4. The number of amides is 1. The van der Waals surface area contributed by atoms with E-state index < -0.39 is 5.97 Å². The van der Waals surface area contributed by atoms with Crippen molar-refractivity contribution in [3.8, 4) is 11.5 Å². The van der Waals surface area contributed by atoms with Crippen LogP contribution in [0.15, 0.2) is 21.5 Å². The lowest BCUT2D eigenvalue weighted by Crippen LogP contribution is -2.39. The first-order valence-electron chi connectivity index (χ1n) is 9.87. The third-order valence-corrected chi connectivity index (χ3v) is 6.87. The number of nitrogens with zero attached hydrogens (tertiary/aromatic N) is 1. The minimum atomic E-state index is -0.486. The van der Waals surface area contributed by atoms with Gasteiger partial charge >= 0.3 is 5.97 Å². The Kier molecular flexibility index (Phi) is 8.19. The molecule has 0 aromatic heterocycles. The average molecular weight is 514 g/mol. The van der Waals surface area contributed by atoms with E-state index in [1.807, 2.05) is 19.1 Å². The second kappa shape index (κ2) is 10.6. The maximum absolute atomic E-state index is 13.0. The summed E-state index contributed by atoms with van der Waals surface area (Å²) in [6.45, 7) is 2.06. The molecule has 0 unspecified atom stereocenters. The largest absolute Gasteiger partial charge is 0.490 e. The van der Waals surface area contributed by atoms with Crippen LogP contribution in [-0.2, 0) is 14.3 Å². The van der Waals surface area contributed by atoms with Crippen molar-refractivity contribution in [1.29, 1.82) is 0 Å². The second-order valence-corrected chi connectivity index (χ2v) is 9.50. The van der Waals surface area contributed by atoms with Crippen LogP contribution in [0.4, 0.5) is 0 Å². The van der Waals surface area contributed by atoms with Crippen molar-refractivity contribution < 1.29 is 23.8 Å². The summed E-state index contributed by atoms with van der Waals surface area (Å²) in [5.41, 5.74) is 0.778. The fraction of sp³-hybridized carbons (Fsp3) is 0.476. The predicted molar refractivity (Wildman–Crippen MR) is 125 cm³/mol. The fourth-order valence-corrected chi connectivity index (χ4v) is 5.52. The molecule has 0 N–H and O–H groups in total. The van der Waals surface area contributed by atoms with Gasteiger partial charge in [0.25, 0.3) is 5.91 Å². The average Bonchev–Trinajstić information content (AvgIpc) is 3.01. The number of esters is 1. The van der Waals surface area contributed by atoms with E-state index >= 15 is 0 Å². The first kappa shape index (κ1) is 23.1. The number of benzene rings is 1. The molecule has 1 aromatic carbocycles. The Labute approximate surface area is 194 Å². The van der Waals surface area contributed by atoms with Crippen LogP contribution in [0.1, 0.15) is 44.6 Å². The summed E-state index contributed by atoms with van der Waals surface area (Å²) < 4.78 is 17.1. The smallest absolute Gasteiger partial charge is 0.343 e. The van der Waals surface area contributed by atoms with E-state index in [1.54, 1.807) is 11.0 Å². The van der Waals surface area contributed by atoms with Gasteiger partial charge in [-0.15, -0.1) is 0 Å². The zero-order chi connectivity index (χ0) is 21.7. The van der Waals surface area contributed by atoms with Crippen LogP contribution < -0.4 is 9.47 Å². The number of hydrogen-bond donors (Lipinski definition) is 0. The number of rotatable bonds is 7. The van der Waals surface area contributed by atoms with Gasteiger partial charge in [-0.3, -0.25) is 9.69 Å². The Balaban J connectivity index is 1.84. The van der Waals surface area contributed by atoms with Crippen LogP contribution in [-0.4, -0.2) is 47.5 Å². The molecule has 1 saturated carbocycles. The Morgan fingerprint density at radius 1 is 1.30 bits per heavy atom. The van der Waals surface area contributed by atoms with E-state index in [9.17, 15) is 9.59 Å². The maximum atomic E-state index is 13.0. The molecule has 1 amide bonds. The summed E-state index contributed by atoms with van der Waals surface area (Å²) in [6.07, 6.45) is 7.33. The maximum Gasteiger partial charge on any atom is 0.343 e. The van der Waals surface area contributed by atoms with E-state index in [-0.39, 0.29) is 18.6 Å². The molecular formula is C21H24BrNO5S2. The van der Waals surface area contributed by atoms with Crippen molar-refractivity contribution in [2.24, 2.45) is 0 Å². The van der Waals surface area contributed by atoms with Crippen molar-refractivity contribution in [3.63, 3.8) is 0 Å². The second-order valence-electron chi connectivity index (χ2n) is 6.97. The van der Waals surface area contributed by atoms with Gasteiger partial charge in [-0.2, -0.15) is 0 Å². The molecule has 0 bridgehead atoms. The highest BCUT2D eigenvalue weighted by Crippen LogP contribution is 2.40. The van der Waals surface area contributed by atoms with E-state index in [0.29, 0.717) is 31.8 Å². The molecule has 30 heavy (non-hydrogen) atoms. The fourth-order valence-electron chi connectivity index (χ4n) is 3.55. The zero-order valence-electron chi connectivity index (χ0n) is 16.9. The van der Waals surface area contributed by atoms with Gasteiger partial charge in [-0.05, 0) is 59.5 Å². The zero-order valence-corrected chi connectivity index (χ0v) is 20.2. The lowest BCUT2D eigenvalue weighted by Gasteiger charge is -2.29. The van der Waals surface area contributed by atoms with Crippen LogP contribution in [0.3, 0.4) is 0 Å². The topological polar surface area (TPSA) is 65.1 Å². The van der Waals surface area contributed by atoms with Crippen molar-refractivity contribution in [1.82, 2.24) is 4.90 Å². The summed E-state index contributed by atoms with van der Waals surface area (Å²) in [7, 11) is 1.30. The predicted octanol–water partition coefficient (Wildman–Crippen LogP) is 4.93. The Bertz CT molecular complexity index is 867. The molecule has 1 heterocycles. The van der Waals surface area contributed by atoms with Gasteiger partial charge in [-0.1, -0.05) is 43.2 Å². The summed E-state index contributed by atoms with van der Waals surface area (Å²) in [4.78, 5) is 26.8. The molecule has 162 valence electrons. The number of carbonyl (C=O) groups is 2. The minimum Gasteiger partial charge on any atom is -0.490 e. The monoisotopic (exact) mass is 513 g/mol. The number of thioether (sulfide) groups is 1. The standard InChI is InChI=1S/C21H24BrNO5S2/c1-3-27-16-10-13(9-15(22)19(16)28-12-18(24)26-2)11-17-20(25)23(21(29)30-17)14-7-5-4-6-8-14/h9-11,14H,3-8,12H2,1-2H3/b17-11+. The molecule has 0 spiro atoms. The quantitative estimate of drug-likeness (QED) is 0.290. The molecule has 1 aliphatic carbocycles. The van der Waals surface area contributed by atoms with Gasteiger partial charge in [-0.25, -0.2) is 4.79 Å². The molecule has 1 aromatic rings. The molecule has 6 nitrogen and oxygen atoms in total. The minimum absolute atomic E-state index is 0.0306. The molecule has 0 radical (unpaired) electrons. The van der Waals surface area contributed by atoms with E-state index in [2.05, 4.69) is 20.7 Å². The molecule has 9 heteroatoms. The summed E-state index contributed by atoms with van der Waals surface area (Å²) in [5, 5.41) is 0. The van der Waals surface area contributed by atoms with Crippen molar-refractivity contribution in [3.05, 3.63) is 27.1 Å². The highest BCUT2D eigenvalue weighted by molar-refractivity contribution is 9.10. The van der Waals surface area contributed by atoms with Crippen LogP contribution in [0.25, 0.3) is 6.08 Å². The first-order valence-corrected chi connectivity index (χ1v) is 11.9. The normalized spacial score (nSPS) is 18.8. The lowest BCUT2D eigenvalue weighted by molar-refractivity contribution is -0.143. The van der Waals surface area contributed by atoms with Gasteiger partial charge in [0.2, 0.25) is 0 Å². The van der Waals surface area contributed by atoms with E-state index in [1.165, 1.54) is 25.3 Å². The van der Waals surface area contributed by atoms with Gasteiger partial charge in [0.1, 0.15) is 4.32 Å². The summed E-state index contributed by atoms with van der Waals surface area (Å²) in [6, 6.07) is 3.81. The van der Waals surface area contributed by atoms with E-state index in [0.717, 1.165) is 31.2 Å². The molecule has 0 atom stereocenters. The number of halogens is 1. The Morgan fingerprint density at radius 2 is 2.03 bits per heavy atom. The molecule has 1 saturated heterocycles. The summed E-state index contributed by atoms with van der Waals surface area (Å²) in [5.74, 6) is 0.371. The summed E-state index contributed by atoms with van der Waals surface area (Å²) >= 11 is 10.3. The number of methoxy groups -OCH3 is 1. The van der Waals surface area contributed by atoms with Crippen LogP contribution in [0.2, 0.25) is 0 Å². The van der Waals surface area contributed by atoms with Crippen LogP contribution in [0.5, 0.6) is 11.5 Å². The number of carbonyl (C=O) groups excluding carboxylic acids is 2. The SMILES string of the molecule is CCOc1cc(/C=C2/SC(=S)N(C3CCCCC3)C2=O)cc(Br)c1OCC(=O)OC. The van der Waals surface area contributed by atoms with Gasteiger partial charge in [0.05, 0.1) is 23.1 Å². The molecule has 2 aliphatic rings. The van der Waals surface area contributed by atoms with Gasteiger partial charge in [0, 0.05) is 6.04 Å². The highest BCUT2D eigenvalue weighted by Gasteiger charge is 2.37.